The number of hydrogen-bond donors (Lipinski definition) is 0. The Balaban J connectivity index is 1.81. The molecule has 106 valence electrons. The van der Waals surface area contributed by atoms with Crippen molar-refractivity contribution in [1.82, 2.24) is 4.98 Å². The van der Waals surface area contributed by atoms with Crippen LogP contribution < -0.4 is 4.90 Å². The Bertz CT molecular complexity index is 633. The maximum atomic E-state index is 8.85. The van der Waals surface area contributed by atoms with Crippen molar-refractivity contribution in [3.05, 3.63) is 59.8 Å². The summed E-state index contributed by atoms with van der Waals surface area (Å²) in [7, 11) is 0. The zero-order chi connectivity index (χ0) is 14.7. The summed E-state index contributed by atoms with van der Waals surface area (Å²) in [5, 5.41) is 8.85. The van der Waals surface area contributed by atoms with Crippen molar-refractivity contribution in [3.63, 3.8) is 0 Å². The highest BCUT2D eigenvalue weighted by molar-refractivity contribution is 5.43. The van der Waals surface area contributed by atoms with Crippen LogP contribution >= 0.6 is 0 Å². The number of rotatable bonds is 2. The first-order chi connectivity index (χ1) is 10.3. The van der Waals surface area contributed by atoms with E-state index in [4.69, 9.17) is 10.00 Å². The van der Waals surface area contributed by atoms with Crippen molar-refractivity contribution in [2.45, 2.75) is 19.1 Å². The molecule has 1 aliphatic heterocycles. The molecule has 0 aliphatic carbocycles. The fourth-order valence-electron chi connectivity index (χ4n) is 2.63. The predicted molar refractivity (Wildman–Crippen MR) is 80.9 cm³/mol. The maximum absolute atomic E-state index is 8.85. The van der Waals surface area contributed by atoms with E-state index < -0.39 is 0 Å². The van der Waals surface area contributed by atoms with Crippen LogP contribution in [0.1, 0.15) is 24.2 Å². The molecular formula is C17H17N3O. The lowest BCUT2D eigenvalue weighted by molar-refractivity contribution is -0.0176. The van der Waals surface area contributed by atoms with Gasteiger partial charge in [0.25, 0.3) is 0 Å². The molecule has 4 heteroatoms. The minimum Gasteiger partial charge on any atom is -0.367 e. The van der Waals surface area contributed by atoms with E-state index in [1.807, 2.05) is 24.3 Å². The van der Waals surface area contributed by atoms with Gasteiger partial charge in [-0.1, -0.05) is 30.3 Å². The fourth-order valence-corrected chi connectivity index (χ4v) is 2.63. The first-order valence-electron chi connectivity index (χ1n) is 7.08. The van der Waals surface area contributed by atoms with E-state index in [0.717, 1.165) is 18.9 Å². The summed E-state index contributed by atoms with van der Waals surface area (Å²) in [6.45, 7) is 3.65. The number of pyridine rings is 1. The molecule has 0 N–H and O–H groups in total. The smallest absolute Gasteiger partial charge is 0.128 e. The van der Waals surface area contributed by atoms with Gasteiger partial charge in [-0.3, -0.25) is 0 Å². The van der Waals surface area contributed by atoms with Crippen molar-refractivity contribution < 1.29 is 4.74 Å². The van der Waals surface area contributed by atoms with Gasteiger partial charge < -0.3 is 9.64 Å². The monoisotopic (exact) mass is 279 g/mol. The Hall–Kier alpha value is -2.38. The summed E-state index contributed by atoms with van der Waals surface area (Å²) >= 11 is 0. The highest BCUT2D eigenvalue weighted by Crippen LogP contribution is 2.27. The normalized spacial score (nSPS) is 21.8. The lowest BCUT2D eigenvalue weighted by Gasteiger charge is -2.37. The van der Waals surface area contributed by atoms with Gasteiger partial charge in [0.1, 0.15) is 18.0 Å². The molecule has 0 spiro atoms. The van der Waals surface area contributed by atoms with Crippen molar-refractivity contribution >= 4 is 5.82 Å². The van der Waals surface area contributed by atoms with Crippen LogP contribution in [0.2, 0.25) is 0 Å². The quantitative estimate of drug-likeness (QED) is 0.848. The molecule has 0 radical (unpaired) electrons. The summed E-state index contributed by atoms with van der Waals surface area (Å²) in [4.78, 5) is 6.60. The minimum atomic E-state index is 0.0485. The molecule has 0 amide bonds. The van der Waals surface area contributed by atoms with Crippen molar-refractivity contribution in [2.24, 2.45) is 0 Å². The first kappa shape index (κ1) is 13.6. The van der Waals surface area contributed by atoms with Crippen LogP contribution in [-0.2, 0) is 4.74 Å². The Morgan fingerprint density at radius 2 is 2.00 bits per heavy atom. The van der Waals surface area contributed by atoms with E-state index in [-0.39, 0.29) is 12.2 Å². The van der Waals surface area contributed by atoms with Gasteiger partial charge in [0, 0.05) is 19.3 Å². The zero-order valence-corrected chi connectivity index (χ0v) is 11.9. The molecule has 1 fully saturated rings. The molecule has 2 unspecified atom stereocenters. The third kappa shape index (κ3) is 3.04. The van der Waals surface area contributed by atoms with E-state index in [2.05, 4.69) is 35.0 Å². The summed E-state index contributed by atoms with van der Waals surface area (Å²) < 4.78 is 6.05. The molecule has 0 saturated carbocycles. The number of nitrogens with zero attached hydrogens (tertiary/aromatic N) is 3. The molecule has 4 nitrogen and oxygen atoms in total. The SMILES string of the molecule is CC1CN(c2ccc(C#N)cn2)CC(c2ccccc2)O1. The minimum absolute atomic E-state index is 0.0485. The highest BCUT2D eigenvalue weighted by Gasteiger charge is 2.27. The molecule has 2 heterocycles. The Morgan fingerprint density at radius 3 is 2.67 bits per heavy atom. The summed E-state index contributed by atoms with van der Waals surface area (Å²) in [6, 6.07) is 16.1. The molecule has 3 rings (SSSR count). The van der Waals surface area contributed by atoms with Gasteiger partial charge in [-0.2, -0.15) is 5.26 Å². The van der Waals surface area contributed by atoms with Gasteiger partial charge in [0.2, 0.25) is 0 Å². The van der Waals surface area contributed by atoms with Gasteiger partial charge in [-0.15, -0.1) is 0 Å². The molecular weight excluding hydrogens is 262 g/mol. The number of nitriles is 1. The number of benzene rings is 1. The second kappa shape index (κ2) is 5.94. The van der Waals surface area contributed by atoms with Crippen LogP contribution in [0.3, 0.4) is 0 Å². The maximum Gasteiger partial charge on any atom is 0.128 e. The Kier molecular flexibility index (Phi) is 3.85. The second-order valence-electron chi connectivity index (χ2n) is 5.27. The molecule has 0 bridgehead atoms. The summed E-state index contributed by atoms with van der Waals surface area (Å²) in [5.41, 5.74) is 1.77. The predicted octanol–water partition coefficient (Wildman–Crippen LogP) is 2.92. The Labute approximate surface area is 124 Å². The number of ether oxygens (including phenoxy) is 1. The average Bonchev–Trinajstić information content (AvgIpc) is 2.55. The van der Waals surface area contributed by atoms with Crippen LogP contribution in [0.4, 0.5) is 5.82 Å². The van der Waals surface area contributed by atoms with E-state index in [9.17, 15) is 0 Å². The van der Waals surface area contributed by atoms with Crippen LogP contribution in [0.15, 0.2) is 48.7 Å². The van der Waals surface area contributed by atoms with Crippen molar-refractivity contribution in [3.8, 4) is 6.07 Å². The molecule has 2 atom stereocenters. The second-order valence-corrected chi connectivity index (χ2v) is 5.27. The third-order valence-corrected chi connectivity index (χ3v) is 3.63. The van der Waals surface area contributed by atoms with Gasteiger partial charge in [-0.05, 0) is 24.6 Å². The number of aromatic nitrogens is 1. The average molecular weight is 279 g/mol. The summed E-state index contributed by atoms with van der Waals surface area (Å²) in [5.74, 6) is 0.894. The fraction of sp³-hybridized carbons (Fsp3) is 0.294. The number of hydrogen-bond acceptors (Lipinski definition) is 4. The van der Waals surface area contributed by atoms with Crippen LogP contribution in [0, 0.1) is 11.3 Å². The largest absolute Gasteiger partial charge is 0.367 e. The lowest BCUT2D eigenvalue weighted by atomic mass is 10.1. The third-order valence-electron chi connectivity index (χ3n) is 3.63. The molecule has 2 aromatic rings. The van der Waals surface area contributed by atoms with E-state index in [1.54, 1.807) is 12.3 Å². The van der Waals surface area contributed by atoms with Gasteiger partial charge in [0.05, 0.1) is 11.7 Å². The van der Waals surface area contributed by atoms with Crippen LogP contribution in [0.25, 0.3) is 0 Å². The van der Waals surface area contributed by atoms with Gasteiger partial charge >= 0.3 is 0 Å². The van der Waals surface area contributed by atoms with E-state index in [0.29, 0.717) is 5.56 Å². The van der Waals surface area contributed by atoms with Gasteiger partial charge in [-0.25, -0.2) is 4.98 Å². The van der Waals surface area contributed by atoms with E-state index in [1.165, 1.54) is 5.56 Å². The first-order valence-corrected chi connectivity index (χ1v) is 7.08. The van der Waals surface area contributed by atoms with Crippen LogP contribution in [-0.4, -0.2) is 24.2 Å². The highest BCUT2D eigenvalue weighted by atomic mass is 16.5. The standard InChI is InChI=1S/C17H17N3O/c1-13-11-20(17-8-7-14(9-18)10-19-17)12-16(21-13)15-5-3-2-4-6-15/h2-8,10,13,16H,11-12H2,1H3. The number of morpholine rings is 1. The topological polar surface area (TPSA) is 49.2 Å². The molecule has 1 aliphatic rings. The molecule has 1 aromatic carbocycles. The molecule has 1 saturated heterocycles. The lowest BCUT2D eigenvalue weighted by Crippen LogP contribution is -2.43. The zero-order valence-electron chi connectivity index (χ0n) is 11.9. The Morgan fingerprint density at radius 1 is 1.19 bits per heavy atom. The van der Waals surface area contributed by atoms with E-state index >= 15 is 0 Å². The summed E-state index contributed by atoms with van der Waals surface area (Å²) in [6.07, 6.45) is 1.81. The van der Waals surface area contributed by atoms with Gasteiger partial charge in [0.15, 0.2) is 0 Å². The van der Waals surface area contributed by atoms with Crippen molar-refractivity contribution in [2.75, 3.05) is 18.0 Å². The molecule has 1 aromatic heterocycles. The van der Waals surface area contributed by atoms with Crippen LogP contribution in [0.5, 0.6) is 0 Å². The number of anilines is 1. The molecule has 21 heavy (non-hydrogen) atoms. The van der Waals surface area contributed by atoms with Crippen molar-refractivity contribution in [1.29, 1.82) is 5.26 Å².